The highest BCUT2D eigenvalue weighted by atomic mass is 19.2. The van der Waals surface area contributed by atoms with Crippen molar-refractivity contribution in [2.24, 2.45) is 0 Å². The number of aromatic nitrogens is 1. The molecule has 0 fully saturated rings. The lowest BCUT2D eigenvalue weighted by Crippen LogP contribution is -2.36. The maximum atomic E-state index is 13.5. The summed E-state index contributed by atoms with van der Waals surface area (Å²) in [6, 6.07) is 12.0. The van der Waals surface area contributed by atoms with Gasteiger partial charge >= 0.3 is 0 Å². The molecule has 0 radical (unpaired) electrons. The third-order valence-electron chi connectivity index (χ3n) is 4.88. The molecule has 2 aromatic carbocycles. The first-order valence-electron chi connectivity index (χ1n) is 9.45. The van der Waals surface area contributed by atoms with E-state index in [9.17, 15) is 18.4 Å². The first-order valence-corrected chi connectivity index (χ1v) is 9.45. The van der Waals surface area contributed by atoms with Crippen molar-refractivity contribution < 1.29 is 18.4 Å². The Hall–Kier alpha value is -4.11. The number of amides is 1. The largest absolute Gasteiger partial charge is 0.311 e. The molecule has 1 aromatic heterocycles. The minimum absolute atomic E-state index is 0.124. The lowest BCUT2D eigenvalue weighted by molar-refractivity contribution is -0.114. The number of Topliss-reactive ketones (excluding diaryl/α,β-unsaturated/α-hetero) is 1. The first kappa shape index (κ1) is 20.2. The third-order valence-corrected chi connectivity index (χ3v) is 4.88. The molecule has 1 aliphatic heterocycles. The molecule has 0 saturated carbocycles. The summed E-state index contributed by atoms with van der Waals surface area (Å²) in [5, 5.41) is 0. The van der Waals surface area contributed by atoms with Gasteiger partial charge in [0, 0.05) is 37.0 Å². The zero-order chi connectivity index (χ0) is 22.0. The number of likely N-dealkylation sites (N-methyl/N-ethyl adjacent to an activating group) is 1. The van der Waals surface area contributed by atoms with Gasteiger partial charge in [0.05, 0.1) is 11.3 Å². The number of ketones is 1. The molecule has 2 heterocycles. The number of nitrogens with zero attached hydrogens (tertiary/aromatic N) is 2. The number of rotatable bonds is 2. The Kier molecular flexibility index (Phi) is 5.42. The van der Waals surface area contributed by atoms with Crippen molar-refractivity contribution in [2.45, 2.75) is 6.42 Å². The second-order valence-corrected chi connectivity index (χ2v) is 7.00. The third kappa shape index (κ3) is 4.12. The van der Waals surface area contributed by atoms with Gasteiger partial charge in [0.15, 0.2) is 11.6 Å². The molecule has 1 aliphatic rings. The maximum absolute atomic E-state index is 13.5. The SMILES string of the molecule is CN1C(=O)/C(=C\c2ccc(F)c(F)c2)C(=O)c2cc(C#CCc3cccnc3)ccc21. The van der Waals surface area contributed by atoms with E-state index in [2.05, 4.69) is 16.8 Å². The standard InChI is InChI=1S/C25H16F2N2O2/c1-29-23-10-8-16(4-2-5-17-6-3-11-28-15-17)12-19(23)24(30)20(25(29)31)13-18-7-9-21(26)22(27)14-18/h3,6-15H,5H2,1H3/b20-13-. The fourth-order valence-corrected chi connectivity index (χ4v) is 3.27. The van der Waals surface area contributed by atoms with Gasteiger partial charge in [-0.2, -0.15) is 0 Å². The molecule has 6 heteroatoms. The van der Waals surface area contributed by atoms with Crippen LogP contribution in [-0.2, 0) is 11.2 Å². The number of pyridine rings is 1. The molecule has 3 aromatic rings. The Morgan fingerprint density at radius 1 is 1.06 bits per heavy atom. The highest BCUT2D eigenvalue weighted by Gasteiger charge is 2.32. The Balaban J connectivity index is 1.67. The van der Waals surface area contributed by atoms with Crippen LogP contribution in [0.2, 0.25) is 0 Å². The van der Waals surface area contributed by atoms with E-state index in [1.54, 1.807) is 37.6 Å². The summed E-state index contributed by atoms with van der Waals surface area (Å²) in [6.07, 6.45) is 5.21. The van der Waals surface area contributed by atoms with Crippen LogP contribution < -0.4 is 4.90 Å². The quantitative estimate of drug-likeness (QED) is 0.359. The zero-order valence-corrected chi connectivity index (χ0v) is 16.5. The van der Waals surface area contributed by atoms with Crippen molar-refractivity contribution in [1.29, 1.82) is 0 Å². The van der Waals surface area contributed by atoms with Gasteiger partial charge in [-0.15, -0.1) is 0 Å². The van der Waals surface area contributed by atoms with Gasteiger partial charge < -0.3 is 4.90 Å². The van der Waals surface area contributed by atoms with Crippen LogP contribution in [0.3, 0.4) is 0 Å². The molecule has 152 valence electrons. The predicted molar refractivity (Wildman–Crippen MR) is 113 cm³/mol. The van der Waals surface area contributed by atoms with Gasteiger partial charge in [-0.1, -0.05) is 24.0 Å². The molecule has 1 amide bonds. The molecule has 4 nitrogen and oxygen atoms in total. The van der Waals surface area contributed by atoms with Gasteiger partial charge in [-0.3, -0.25) is 14.6 Å². The molecule has 31 heavy (non-hydrogen) atoms. The van der Waals surface area contributed by atoms with E-state index in [4.69, 9.17) is 0 Å². The molecule has 4 rings (SSSR count). The molecule has 0 N–H and O–H groups in total. The number of hydrogen-bond acceptors (Lipinski definition) is 3. The lowest BCUT2D eigenvalue weighted by atomic mass is 9.92. The Labute approximate surface area is 177 Å². The van der Waals surface area contributed by atoms with Crippen molar-refractivity contribution in [3.05, 3.63) is 100 Å². The van der Waals surface area contributed by atoms with E-state index < -0.39 is 23.3 Å². The highest BCUT2D eigenvalue weighted by molar-refractivity contribution is 6.36. The summed E-state index contributed by atoms with van der Waals surface area (Å²) < 4.78 is 26.7. The fraction of sp³-hybridized carbons (Fsp3) is 0.0800. The van der Waals surface area contributed by atoms with E-state index >= 15 is 0 Å². The monoisotopic (exact) mass is 414 g/mol. The summed E-state index contributed by atoms with van der Waals surface area (Å²) in [4.78, 5) is 31.1. The summed E-state index contributed by atoms with van der Waals surface area (Å²) in [5.41, 5.74) is 2.50. The van der Waals surface area contributed by atoms with Crippen LogP contribution in [0.15, 0.2) is 66.5 Å². The average molecular weight is 414 g/mol. The second kappa shape index (κ2) is 8.33. The summed E-state index contributed by atoms with van der Waals surface area (Å²) >= 11 is 0. The number of anilines is 1. The molecule has 0 spiro atoms. The normalized spacial score (nSPS) is 14.3. The Morgan fingerprint density at radius 3 is 2.65 bits per heavy atom. The van der Waals surface area contributed by atoms with Crippen LogP contribution in [0.5, 0.6) is 0 Å². The Bertz CT molecular complexity index is 1290. The fourth-order valence-electron chi connectivity index (χ4n) is 3.27. The number of fused-ring (bicyclic) bond motifs is 1. The van der Waals surface area contributed by atoms with Crippen molar-refractivity contribution in [2.75, 3.05) is 11.9 Å². The summed E-state index contributed by atoms with van der Waals surface area (Å²) in [6.45, 7) is 0. The summed E-state index contributed by atoms with van der Waals surface area (Å²) in [5.74, 6) is 3.02. The Morgan fingerprint density at radius 2 is 1.90 bits per heavy atom. The predicted octanol–water partition coefficient (Wildman–Crippen LogP) is 4.20. The molecule has 0 unspecified atom stereocenters. The van der Waals surface area contributed by atoms with E-state index in [-0.39, 0.29) is 11.1 Å². The van der Waals surface area contributed by atoms with E-state index in [1.807, 2.05) is 12.1 Å². The van der Waals surface area contributed by atoms with Crippen molar-refractivity contribution >= 4 is 23.5 Å². The van der Waals surface area contributed by atoms with Crippen LogP contribution in [0.25, 0.3) is 6.08 Å². The van der Waals surface area contributed by atoms with Crippen molar-refractivity contribution in [3.63, 3.8) is 0 Å². The molecular weight excluding hydrogens is 398 g/mol. The van der Waals surface area contributed by atoms with E-state index in [1.165, 1.54) is 17.0 Å². The van der Waals surface area contributed by atoms with Crippen LogP contribution in [0, 0.1) is 23.5 Å². The maximum Gasteiger partial charge on any atom is 0.262 e. The molecule has 0 bridgehead atoms. The molecule has 0 aliphatic carbocycles. The number of hydrogen-bond donors (Lipinski definition) is 0. The number of halogens is 2. The van der Waals surface area contributed by atoms with Gasteiger partial charge in [0.1, 0.15) is 0 Å². The highest BCUT2D eigenvalue weighted by Crippen LogP contribution is 2.31. The van der Waals surface area contributed by atoms with Gasteiger partial charge in [0.2, 0.25) is 5.78 Å². The minimum atomic E-state index is -1.05. The number of carbonyl (C=O) groups excluding carboxylic acids is 2. The van der Waals surface area contributed by atoms with Gasteiger partial charge in [-0.05, 0) is 53.6 Å². The van der Waals surface area contributed by atoms with Gasteiger partial charge in [-0.25, -0.2) is 8.78 Å². The number of carbonyl (C=O) groups is 2. The smallest absolute Gasteiger partial charge is 0.262 e. The number of benzene rings is 2. The molecule has 0 saturated heterocycles. The molecule has 0 atom stereocenters. The summed E-state index contributed by atoms with van der Waals surface area (Å²) in [7, 11) is 1.56. The van der Waals surface area contributed by atoms with Crippen LogP contribution in [-0.4, -0.2) is 23.7 Å². The van der Waals surface area contributed by atoms with Crippen molar-refractivity contribution in [3.8, 4) is 11.8 Å². The van der Waals surface area contributed by atoms with Crippen molar-refractivity contribution in [1.82, 2.24) is 4.98 Å². The topological polar surface area (TPSA) is 50.3 Å². The van der Waals surface area contributed by atoms with E-state index in [0.717, 1.165) is 17.7 Å². The van der Waals surface area contributed by atoms with Crippen LogP contribution in [0.4, 0.5) is 14.5 Å². The van der Waals surface area contributed by atoms with Crippen LogP contribution in [0.1, 0.15) is 27.0 Å². The van der Waals surface area contributed by atoms with Crippen LogP contribution >= 0.6 is 0 Å². The van der Waals surface area contributed by atoms with Gasteiger partial charge in [0.25, 0.3) is 5.91 Å². The minimum Gasteiger partial charge on any atom is -0.311 e. The zero-order valence-electron chi connectivity index (χ0n) is 16.5. The lowest BCUT2D eigenvalue weighted by Gasteiger charge is -2.26. The van der Waals surface area contributed by atoms with E-state index in [0.29, 0.717) is 23.2 Å². The average Bonchev–Trinajstić information content (AvgIpc) is 2.78. The first-order chi connectivity index (χ1) is 14.9. The molecular formula is C25H16F2N2O2. The second-order valence-electron chi connectivity index (χ2n) is 7.00.